The molecule has 194 valence electrons. The van der Waals surface area contributed by atoms with E-state index in [1.807, 2.05) is 10.4 Å². The molecule has 11 heteroatoms. The molecule has 0 saturated carbocycles. The fourth-order valence-corrected chi connectivity index (χ4v) is 6.10. The molecular weight excluding hydrogens is 520 g/mol. The molecule has 1 fully saturated rings. The number of alkyl halides is 3. The van der Waals surface area contributed by atoms with Gasteiger partial charge in [0, 0.05) is 18.0 Å². The zero-order valence-corrected chi connectivity index (χ0v) is 20.6. The summed E-state index contributed by atoms with van der Waals surface area (Å²) in [6.45, 7) is 0.894. The van der Waals surface area contributed by atoms with Gasteiger partial charge in [-0.3, -0.25) is 4.79 Å². The van der Waals surface area contributed by atoms with Gasteiger partial charge in [-0.15, -0.1) is 0 Å². The highest BCUT2D eigenvalue weighted by Crippen LogP contribution is 2.48. The summed E-state index contributed by atoms with van der Waals surface area (Å²) in [7, 11) is 0. The van der Waals surface area contributed by atoms with Crippen molar-refractivity contribution in [1.29, 1.82) is 0 Å². The van der Waals surface area contributed by atoms with Crippen molar-refractivity contribution in [1.82, 2.24) is 19.1 Å². The minimum Gasteiger partial charge on any atom is -0.442 e. The Labute approximate surface area is 219 Å². The average Bonchev–Trinajstić information content (AvgIpc) is 3.57. The van der Waals surface area contributed by atoms with Crippen molar-refractivity contribution in [3.63, 3.8) is 0 Å². The Morgan fingerprint density at radius 2 is 1.84 bits per heavy atom. The number of rotatable bonds is 5. The summed E-state index contributed by atoms with van der Waals surface area (Å²) in [4.78, 5) is 18.6. The number of piperidine rings is 1. The number of nitrogens with zero attached hydrogens (tertiary/aromatic N) is 4. The zero-order chi connectivity index (χ0) is 26.5. The summed E-state index contributed by atoms with van der Waals surface area (Å²) in [6, 6.07) is 11.0. The van der Waals surface area contributed by atoms with Gasteiger partial charge in [0.05, 0.1) is 34.8 Å². The number of halogens is 4. The standard InChI is InChI=1S/C27H20F4N4O2S/c28-20-3-5-21(6-4-20)35-23-13-19-9-11-34(38-22-7-1-18(2-8-22)27(29,30)31)16-26(19,14-17(23)15-33-35)24(36)25-32-10-12-37-25/h1-8,10,12-13,15H,9,11,14,16H2. The van der Waals surface area contributed by atoms with E-state index in [4.69, 9.17) is 4.42 Å². The van der Waals surface area contributed by atoms with Crippen LogP contribution in [0.3, 0.4) is 0 Å². The number of Topliss-reactive ketones (excluding diaryl/α,β-unsaturated/α-hetero) is 1. The predicted molar refractivity (Wildman–Crippen MR) is 132 cm³/mol. The van der Waals surface area contributed by atoms with E-state index in [0.717, 1.165) is 29.0 Å². The number of fused-ring (bicyclic) bond motifs is 2. The molecule has 38 heavy (non-hydrogen) atoms. The number of ketones is 1. The van der Waals surface area contributed by atoms with E-state index >= 15 is 0 Å². The van der Waals surface area contributed by atoms with Crippen LogP contribution in [0.25, 0.3) is 11.8 Å². The van der Waals surface area contributed by atoms with E-state index in [2.05, 4.69) is 10.1 Å². The van der Waals surface area contributed by atoms with Crippen LogP contribution < -0.4 is 0 Å². The van der Waals surface area contributed by atoms with Crippen LogP contribution in [0.15, 0.2) is 82.1 Å². The SMILES string of the molecule is O=C(c1ncco1)C12Cc3cnn(-c4ccc(F)cc4)c3C=C1CCN(Sc1ccc(C(F)(F)F)cc1)C2. The first kappa shape index (κ1) is 24.6. The number of carbonyl (C=O) groups is 1. The smallest absolute Gasteiger partial charge is 0.416 e. The number of benzene rings is 2. The summed E-state index contributed by atoms with van der Waals surface area (Å²) in [5.74, 6) is -0.597. The molecule has 1 unspecified atom stereocenters. The number of carbonyl (C=O) groups excluding carboxylic acids is 1. The fraction of sp³-hybridized carbons (Fsp3) is 0.222. The monoisotopic (exact) mass is 540 g/mol. The van der Waals surface area contributed by atoms with E-state index in [9.17, 15) is 22.4 Å². The van der Waals surface area contributed by atoms with Gasteiger partial charge in [0.15, 0.2) is 0 Å². The molecule has 0 spiro atoms. The molecule has 0 bridgehead atoms. The Bertz CT molecular complexity index is 1510. The van der Waals surface area contributed by atoms with Crippen LogP contribution >= 0.6 is 11.9 Å². The van der Waals surface area contributed by atoms with Crippen LogP contribution in [0, 0.1) is 11.2 Å². The van der Waals surface area contributed by atoms with Crippen LogP contribution in [0.1, 0.15) is 33.9 Å². The number of oxazole rings is 1. The maximum Gasteiger partial charge on any atom is 0.416 e. The highest BCUT2D eigenvalue weighted by atomic mass is 32.2. The number of hydrogen-bond acceptors (Lipinski definition) is 6. The molecule has 3 heterocycles. The third-order valence-electron chi connectivity index (χ3n) is 6.93. The van der Waals surface area contributed by atoms with Gasteiger partial charge >= 0.3 is 6.18 Å². The fourth-order valence-electron chi connectivity index (χ4n) is 5.08. The maximum atomic E-state index is 13.9. The van der Waals surface area contributed by atoms with Gasteiger partial charge in [0.25, 0.3) is 5.89 Å². The summed E-state index contributed by atoms with van der Waals surface area (Å²) in [5, 5.41) is 4.51. The first-order valence-electron chi connectivity index (χ1n) is 11.8. The molecule has 1 saturated heterocycles. The van der Waals surface area contributed by atoms with Crippen molar-refractivity contribution in [2.75, 3.05) is 13.1 Å². The highest BCUT2D eigenvalue weighted by Gasteiger charge is 2.50. The lowest BCUT2D eigenvalue weighted by Gasteiger charge is -2.44. The highest BCUT2D eigenvalue weighted by molar-refractivity contribution is 7.97. The quantitative estimate of drug-likeness (QED) is 0.170. The third-order valence-corrected chi connectivity index (χ3v) is 7.98. The van der Waals surface area contributed by atoms with Crippen molar-refractivity contribution in [2.45, 2.75) is 23.9 Å². The van der Waals surface area contributed by atoms with Gasteiger partial charge < -0.3 is 4.42 Å². The van der Waals surface area contributed by atoms with Gasteiger partial charge in [-0.05, 0) is 85.0 Å². The summed E-state index contributed by atoms with van der Waals surface area (Å²) in [5.41, 5.74) is 1.59. The van der Waals surface area contributed by atoms with E-state index < -0.39 is 17.2 Å². The number of aromatic nitrogens is 3. The Balaban J connectivity index is 1.34. The van der Waals surface area contributed by atoms with Crippen LogP contribution in [0.2, 0.25) is 0 Å². The van der Waals surface area contributed by atoms with Crippen molar-refractivity contribution in [3.05, 3.63) is 101 Å². The molecule has 6 rings (SSSR count). The molecule has 2 aliphatic rings. The maximum absolute atomic E-state index is 13.9. The Hall–Kier alpha value is -3.70. The first-order valence-corrected chi connectivity index (χ1v) is 12.6. The van der Waals surface area contributed by atoms with Crippen molar-refractivity contribution >= 4 is 23.8 Å². The van der Waals surface area contributed by atoms with Gasteiger partial charge in [-0.2, -0.15) is 18.3 Å². The largest absolute Gasteiger partial charge is 0.442 e. The van der Waals surface area contributed by atoms with Crippen LogP contribution in [0.4, 0.5) is 17.6 Å². The summed E-state index contributed by atoms with van der Waals surface area (Å²) >= 11 is 1.32. The summed E-state index contributed by atoms with van der Waals surface area (Å²) in [6.07, 6.45) is 2.94. The second kappa shape index (κ2) is 9.25. The Morgan fingerprint density at radius 3 is 2.53 bits per heavy atom. The topological polar surface area (TPSA) is 64.2 Å². The first-order chi connectivity index (χ1) is 18.2. The lowest BCUT2D eigenvalue weighted by molar-refractivity contribution is -0.137. The Morgan fingerprint density at radius 1 is 1.08 bits per heavy atom. The van der Waals surface area contributed by atoms with E-state index in [-0.39, 0.29) is 17.5 Å². The predicted octanol–water partition coefficient (Wildman–Crippen LogP) is 6.24. The van der Waals surface area contributed by atoms with Crippen molar-refractivity contribution < 1.29 is 26.8 Å². The van der Waals surface area contributed by atoms with Crippen LogP contribution in [0.5, 0.6) is 0 Å². The van der Waals surface area contributed by atoms with Gasteiger partial charge in [0.2, 0.25) is 5.78 Å². The second-order valence-corrected chi connectivity index (χ2v) is 10.4. The van der Waals surface area contributed by atoms with E-state index in [1.54, 1.807) is 23.0 Å². The van der Waals surface area contributed by atoms with E-state index in [0.29, 0.717) is 36.5 Å². The van der Waals surface area contributed by atoms with Gasteiger partial charge in [-0.1, -0.05) is 5.57 Å². The third kappa shape index (κ3) is 4.35. The summed E-state index contributed by atoms with van der Waals surface area (Å²) < 4.78 is 61.6. The molecule has 2 aromatic carbocycles. The molecule has 0 radical (unpaired) electrons. The molecule has 1 aliphatic heterocycles. The van der Waals surface area contributed by atoms with Gasteiger partial charge in [-0.25, -0.2) is 18.4 Å². The van der Waals surface area contributed by atoms with Gasteiger partial charge in [0.1, 0.15) is 12.1 Å². The van der Waals surface area contributed by atoms with Crippen molar-refractivity contribution in [3.8, 4) is 5.69 Å². The molecule has 0 amide bonds. The minimum absolute atomic E-state index is 0.00616. The average molecular weight is 541 g/mol. The number of hydrogen-bond donors (Lipinski definition) is 0. The molecule has 1 aliphatic carbocycles. The molecule has 1 atom stereocenters. The minimum atomic E-state index is -4.40. The van der Waals surface area contributed by atoms with Crippen molar-refractivity contribution in [2.24, 2.45) is 5.41 Å². The normalized spacial score (nSPS) is 19.5. The second-order valence-electron chi connectivity index (χ2n) is 9.27. The molecular formula is C27H20F4N4O2S. The lowest BCUT2D eigenvalue weighted by atomic mass is 9.66. The van der Waals surface area contributed by atoms with E-state index in [1.165, 1.54) is 48.7 Å². The lowest BCUT2D eigenvalue weighted by Crippen LogP contribution is -2.49. The molecule has 2 aromatic heterocycles. The molecule has 4 aromatic rings. The molecule has 6 nitrogen and oxygen atoms in total. The zero-order valence-electron chi connectivity index (χ0n) is 19.8. The Kier molecular flexibility index (Phi) is 5.99. The van der Waals surface area contributed by atoms with Crippen LogP contribution in [-0.4, -0.2) is 37.9 Å². The molecule has 0 N–H and O–H groups in total. The van der Waals surface area contributed by atoms with Crippen LogP contribution in [-0.2, 0) is 12.6 Å².